The Hall–Kier alpha value is -4.57. The topological polar surface area (TPSA) is 106 Å². The van der Waals surface area contributed by atoms with Gasteiger partial charge in [0.15, 0.2) is 17.3 Å². The highest BCUT2D eigenvalue weighted by molar-refractivity contribution is 8.27. The summed E-state index contributed by atoms with van der Waals surface area (Å²) in [6, 6.07) is 19.2. The highest BCUT2D eigenvalue weighted by Gasteiger charge is 2.36. The van der Waals surface area contributed by atoms with Crippen LogP contribution in [0.3, 0.4) is 0 Å². The number of hydrazone groups is 1. The lowest BCUT2D eigenvalue weighted by molar-refractivity contribution is -0.114. The van der Waals surface area contributed by atoms with Crippen LogP contribution in [0.2, 0.25) is 0 Å². The highest BCUT2D eigenvalue weighted by atomic mass is 32.2. The normalized spacial score (nSPS) is 15.3. The summed E-state index contributed by atoms with van der Waals surface area (Å²) in [6.07, 6.45) is 2.23. The summed E-state index contributed by atoms with van der Waals surface area (Å²) in [5, 5.41) is 15.5. The van der Waals surface area contributed by atoms with Crippen LogP contribution >= 0.6 is 11.8 Å². The van der Waals surface area contributed by atoms with Gasteiger partial charge in [-0.05, 0) is 73.5 Å². The Morgan fingerprint density at radius 1 is 0.905 bits per heavy atom. The first-order valence-electron chi connectivity index (χ1n) is 13.5. The summed E-state index contributed by atoms with van der Waals surface area (Å²) in [5.41, 5.74) is 3.92. The van der Waals surface area contributed by atoms with Gasteiger partial charge in [-0.2, -0.15) is 15.1 Å². The molecule has 3 aromatic carbocycles. The van der Waals surface area contributed by atoms with Crippen LogP contribution in [-0.4, -0.2) is 53.9 Å². The van der Waals surface area contributed by atoms with Crippen LogP contribution in [-0.2, 0) is 4.79 Å². The number of carbonyl (C=O) groups excluding carboxylic acids is 1. The number of amidine groups is 2. The Morgan fingerprint density at radius 3 is 2.48 bits per heavy atom. The molecule has 0 saturated carbocycles. The van der Waals surface area contributed by atoms with Crippen LogP contribution in [0.1, 0.15) is 28.7 Å². The van der Waals surface area contributed by atoms with E-state index in [4.69, 9.17) is 24.4 Å². The van der Waals surface area contributed by atoms with Crippen molar-refractivity contribution in [2.45, 2.75) is 27.2 Å². The molecule has 2 aliphatic rings. The predicted octanol–water partition coefficient (Wildman–Crippen LogP) is 6.17. The van der Waals surface area contributed by atoms with Crippen molar-refractivity contribution in [2.24, 2.45) is 10.1 Å². The molecule has 0 aliphatic carbocycles. The zero-order chi connectivity index (χ0) is 29.6. The van der Waals surface area contributed by atoms with Crippen LogP contribution in [0.25, 0.3) is 6.08 Å². The van der Waals surface area contributed by atoms with Crippen molar-refractivity contribution < 1.29 is 23.7 Å². The molecule has 2 heterocycles. The molecule has 3 aromatic rings. The molecule has 0 spiro atoms. The molecule has 0 unspecified atom stereocenters. The Kier molecular flexibility index (Phi) is 8.92. The maximum absolute atomic E-state index is 13.0. The summed E-state index contributed by atoms with van der Waals surface area (Å²) < 4.78 is 23.5. The van der Waals surface area contributed by atoms with Gasteiger partial charge in [-0.1, -0.05) is 42.5 Å². The van der Waals surface area contributed by atoms with Crippen molar-refractivity contribution in [3.63, 3.8) is 0 Å². The lowest BCUT2D eigenvalue weighted by Gasteiger charge is -2.21. The molecule has 0 atom stereocenters. The number of fused-ring (bicyclic) bond motifs is 1. The fourth-order valence-corrected chi connectivity index (χ4v) is 5.14. The molecule has 0 radical (unpaired) electrons. The van der Waals surface area contributed by atoms with E-state index in [-0.39, 0.29) is 18.0 Å². The number of nitrogens with zero attached hydrogens (tertiary/aromatic N) is 3. The van der Waals surface area contributed by atoms with Gasteiger partial charge >= 0.3 is 0 Å². The van der Waals surface area contributed by atoms with E-state index in [9.17, 15) is 4.79 Å². The lowest BCUT2D eigenvalue weighted by Crippen LogP contribution is -2.35. The summed E-state index contributed by atoms with van der Waals surface area (Å²) in [7, 11) is 1.56. The zero-order valence-electron chi connectivity index (χ0n) is 24.0. The average Bonchev–Trinajstić information content (AvgIpc) is 3.39. The second-order valence-corrected chi connectivity index (χ2v) is 10.8. The Morgan fingerprint density at radius 2 is 1.67 bits per heavy atom. The number of methoxy groups -OCH3 is 1. The van der Waals surface area contributed by atoms with Gasteiger partial charge in [0.05, 0.1) is 25.9 Å². The molecule has 0 aromatic heterocycles. The molecule has 2 aliphatic heterocycles. The molecule has 1 N–H and O–H groups in total. The SMILES string of the molecule is COc1cccc(/C=C2/C(=N)N3N=C(COc4ccccc4C)SC3=NC2=O)c1OCCCOc1cc(C)ccc1C. The molecule has 0 fully saturated rings. The minimum absolute atomic E-state index is 0.0703. The van der Waals surface area contributed by atoms with Crippen molar-refractivity contribution in [1.82, 2.24) is 5.01 Å². The average molecular weight is 585 g/mol. The maximum Gasteiger partial charge on any atom is 0.283 e. The third-order valence-corrected chi connectivity index (χ3v) is 7.49. The Bertz CT molecular complexity index is 1610. The number of ether oxygens (including phenoxy) is 4. The van der Waals surface area contributed by atoms with Crippen LogP contribution < -0.4 is 18.9 Å². The summed E-state index contributed by atoms with van der Waals surface area (Å²) >= 11 is 1.22. The van der Waals surface area contributed by atoms with Crippen molar-refractivity contribution >= 4 is 39.8 Å². The van der Waals surface area contributed by atoms with E-state index in [0.717, 1.165) is 28.2 Å². The molecule has 9 nitrogen and oxygen atoms in total. The molecule has 0 bridgehead atoms. The smallest absolute Gasteiger partial charge is 0.283 e. The molecule has 5 rings (SSSR count). The fourth-order valence-electron chi connectivity index (χ4n) is 4.34. The minimum atomic E-state index is -0.522. The van der Waals surface area contributed by atoms with E-state index in [0.29, 0.717) is 46.9 Å². The van der Waals surface area contributed by atoms with Crippen LogP contribution in [0.4, 0.5) is 0 Å². The van der Waals surface area contributed by atoms with Gasteiger partial charge in [-0.25, -0.2) is 0 Å². The van der Waals surface area contributed by atoms with E-state index in [1.807, 2.05) is 57.2 Å². The van der Waals surface area contributed by atoms with Crippen LogP contribution in [0.5, 0.6) is 23.0 Å². The molecule has 1 amide bonds. The van der Waals surface area contributed by atoms with Gasteiger partial charge in [-0.15, -0.1) is 0 Å². The summed E-state index contributed by atoms with van der Waals surface area (Å²) in [5.74, 6) is 2.01. The number of amides is 1. The van der Waals surface area contributed by atoms with Crippen molar-refractivity contribution in [1.29, 1.82) is 5.41 Å². The van der Waals surface area contributed by atoms with E-state index in [1.54, 1.807) is 31.4 Å². The lowest BCUT2D eigenvalue weighted by atomic mass is 10.1. The standard InChI is InChI=1S/C32H32N4O5S/c1-20-13-14-22(3)27(17-20)39-15-8-16-40-29-23(10-7-12-26(29)38-4)18-24-30(33)36-32(34-31(24)37)42-28(35-36)19-41-25-11-6-5-9-21(25)2/h5-7,9-14,17-18,33H,8,15-16,19H2,1-4H3/b24-18-,33-30?. The second kappa shape index (κ2) is 12.9. The number of rotatable bonds is 11. The quantitative estimate of drug-likeness (QED) is 0.212. The third kappa shape index (κ3) is 6.49. The van der Waals surface area contributed by atoms with Crippen molar-refractivity contribution in [3.05, 3.63) is 88.5 Å². The number of carbonyl (C=O) groups is 1. The van der Waals surface area contributed by atoms with Crippen LogP contribution in [0, 0.1) is 26.2 Å². The maximum atomic E-state index is 13.0. The molecule has 10 heteroatoms. The first-order chi connectivity index (χ1) is 20.3. The van der Waals surface area contributed by atoms with E-state index >= 15 is 0 Å². The first-order valence-corrected chi connectivity index (χ1v) is 14.3. The number of nitrogens with one attached hydrogen (secondary N) is 1. The predicted molar refractivity (Wildman–Crippen MR) is 166 cm³/mol. The molecule has 42 heavy (non-hydrogen) atoms. The number of hydrogen-bond donors (Lipinski definition) is 1. The molecular weight excluding hydrogens is 552 g/mol. The number of thioether (sulfide) groups is 1. The van der Waals surface area contributed by atoms with Crippen LogP contribution in [0.15, 0.2) is 76.3 Å². The third-order valence-electron chi connectivity index (χ3n) is 6.61. The summed E-state index contributed by atoms with van der Waals surface area (Å²) in [6.45, 7) is 7.07. The number of benzene rings is 3. The van der Waals surface area contributed by atoms with Gasteiger partial charge in [-0.3, -0.25) is 10.2 Å². The van der Waals surface area contributed by atoms with Crippen molar-refractivity contribution in [3.8, 4) is 23.0 Å². The summed E-state index contributed by atoms with van der Waals surface area (Å²) in [4.78, 5) is 17.2. The Labute approximate surface area is 249 Å². The molecule has 0 saturated heterocycles. The minimum Gasteiger partial charge on any atom is -0.493 e. The number of aliphatic imine (C=N–C) groups is 1. The number of para-hydroxylation sites is 2. The van der Waals surface area contributed by atoms with Gasteiger partial charge in [0.25, 0.3) is 5.91 Å². The first kappa shape index (κ1) is 28.9. The van der Waals surface area contributed by atoms with E-state index in [1.165, 1.54) is 16.8 Å². The fraction of sp³-hybridized carbons (Fsp3) is 0.250. The number of aryl methyl sites for hydroxylation is 3. The second-order valence-electron chi connectivity index (χ2n) is 9.77. The number of hydrogen-bond acceptors (Lipinski definition) is 8. The zero-order valence-corrected chi connectivity index (χ0v) is 24.8. The van der Waals surface area contributed by atoms with Gasteiger partial charge in [0.1, 0.15) is 23.1 Å². The molecular formula is C32H32N4O5S. The largest absolute Gasteiger partial charge is 0.493 e. The van der Waals surface area contributed by atoms with E-state index < -0.39 is 5.91 Å². The van der Waals surface area contributed by atoms with Crippen molar-refractivity contribution in [2.75, 3.05) is 26.9 Å². The monoisotopic (exact) mass is 584 g/mol. The van der Waals surface area contributed by atoms with E-state index in [2.05, 4.69) is 16.2 Å². The van der Waals surface area contributed by atoms with Gasteiger partial charge < -0.3 is 18.9 Å². The van der Waals surface area contributed by atoms with Gasteiger partial charge in [0, 0.05) is 12.0 Å². The van der Waals surface area contributed by atoms with Gasteiger partial charge in [0.2, 0.25) is 5.17 Å². The Balaban J connectivity index is 1.27. The molecule has 216 valence electrons. The highest BCUT2D eigenvalue weighted by Crippen LogP contribution is 2.35.